The molecule has 0 radical (unpaired) electrons. The first-order valence-corrected chi connectivity index (χ1v) is 8.29. The summed E-state index contributed by atoms with van der Waals surface area (Å²) in [6.07, 6.45) is 4.91. The number of para-hydroxylation sites is 3. The van der Waals surface area contributed by atoms with Crippen LogP contribution in [0.2, 0.25) is 0 Å². The van der Waals surface area contributed by atoms with Crippen molar-refractivity contribution in [1.82, 2.24) is 15.3 Å². The summed E-state index contributed by atoms with van der Waals surface area (Å²) in [4.78, 5) is 19.7. The number of aromatic amines is 1. The number of amides is 1. The standard InChI is InChI=1S/C20H21N3O2/c1-25-18-10-5-2-7-15(18)12-13-20(24)21-14-6-11-19-22-16-8-3-4-9-17(16)23-19/h2-5,7-10,12-13H,6,11,14H2,1H3,(H,21,24)(H,22,23)/b13-12+. The number of aromatic nitrogens is 2. The van der Waals surface area contributed by atoms with Crippen molar-refractivity contribution in [3.8, 4) is 5.75 Å². The third kappa shape index (κ3) is 4.47. The summed E-state index contributed by atoms with van der Waals surface area (Å²) in [5.74, 6) is 1.58. The topological polar surface area (TPSA) is 67.0 Å². The van der Waals surface area contributed by atoms with Crippen LogP contribution in [0.3, 0.4) is 0 Å². The Morgan fingerprint density at radius 1 is 1.20 bits per heavy atom. The monoisotopic (exact) mass is 335 g/mol. The summed E-state index contributed by atoms with van der Waals surface area (Å²) in [6, 6.07) is 15.5. The maximum Gasteiger partial charge on any atom is 0.244 e. The van der Waals surface area contributed by atoms with E-state index in [0.717, 1.165) is 41.0 Å². The Morgan fingerprint density at radius 3 is 2.84 bits per heavy atom. The highest BCUT2D eigenvalue weighted by Crippen LogP contribution is 2.18. The molecule has 1 heterocycles. The van der Waals surface area contributed by atoms with Crippen molar-refractivity contribution in [3.63, 3.8) is 0 Å². The van der Waals surface area contributed by atoms with Crippen molar-refractivity contribution in [2.24, 2.45) is 0 Å². The van der Waals surface area contributed by atoms with Crippen LogP contribution in [-0.4, -0.2) is 29.5 Å². The third-order valence-electron chi connectivity index (χ3n) is 3.88. The van der Waals surface area contributed by atoms with Crippen LogP contribution in [0, 0.1) is 0 Å². The van der Waals surface area contributed by atoms with Crippen LogP contribution in [0.5, 0.6) is 5.75 Å². The number of carbonyl (C=O) groups is 1. The Hall–Kier alpha value is -3.08. The fraction of sp³-hybridized carbons (Fsp3) is 0.200. The molecule has 0 aliphatic heterocycles. The lowest BCUT2D eigenvalue weighted by molar-refractivity contribution is -0.116. The molecule has 0 aliphatic carbocycles. The highest BCUT2D eigenvalue weighted by atomic mass is 16.5. The smallest absolute Gasteiger partial charge is 0.244 e. The maximum absolute atomic E-state index is 11.9. The Kier molecular flexibility index (Phi) is 5.46. The lowest BCUT2D eigenvalue weighted by Crippen LogP contribution is -2.22. The van der Waals surface area contributed by atoms with Gasteiger partial charge in [0.15, 0.2) is 0 Å². The summed E-state index contributed by atoms with van der Waals surface area (Å²) in [7, 11) is 1.62. The fourth-order valence-corrected chi connectivity index (χ4v) is 2.62. The molecule has 0 saturated carbocycles. The average Bonchev–Trinajstić information content (AvgIpc) is 3.06. The highest BCUT2D eigenvalue weighted by Gasteiger charge is 2.02. The molecule has 0 fully saturated rings. The van der Waals surface area contributed by atoms with E-state index in [4.69, 9.17) is 4.74 Å². The number of fused-ring (bicyclic) bond motifs is 1. The SMILES string of the molecule is COc1ccccc1/C=C/C(=O)NCCCc1nc2ccccc2[nH]1. The van der Waals surface area contributed by atoms with Crippen LogP contribution < -0.4 is 10.1 Å². The van der Waals surface area contributed by atoms with Crippen molar-refractivity contribution < 1.29 is 9.53 Å². The van der Waals surface area contributed by atoms with Gasteiger partial charge in [0.25, 0.3) is 0 Å². The molecule has 0 aliphatic rings. The molecule has 0 saturated heterocycles. The molecule has 5 heteroatoms. The number of H-pyrrole nitrogens is 1. The van der Waals surface area contributed by atoms with Crippen molar-refractivity contribution in [3.05, 3.63) is 66.0 Å². The zero-order valence-corrected chi connectivity index (χ0v) is 14.2. The van der Waals surface area contributed by atoms with Crippen molar-refractivity contribution in [1.29, 1.82) is 0 Å². The predicted octanol–water partition coefficient (Wildman–Crippen LogP) is 3.33. The molecule has 25 heavy (non-hydrogen) atoms. The second kappa shape index (κ2) is 8.15. The molecule has 3 rings (SSSR count). The van der Waals surface area contributed by atoms with Crippen molar-refractivity contribution >= 4 is 23.0 Å². The number of ether oxygens (including phenoxy) is 1. The number of imidazole rings is 1. The number of nitrogens with one attached hydrogen (secondary N) is 2. The van der Waals surface area contributed by atoms with Gasteiger partial charge in [-0.05, 0) is 30.7 Å². The number of methoxy groups -OCH3 is 1. The van der Waals surface area contributed by atoms with Gasteiger partial charge < -0.3 is 15.0 Å². The Morgan fingerprint density at radius 2 is 2.00 bits per heavy atom. The summed E-state index contributed by atoms with van der Waals surface area (Å²) >= 11 is 0. The second-order valence-electron chi connectivity index (χ2n) is 5.67. The van der Waals surface area contributed by atoms with Crippen LogP contribution in [-0.2, 0) is 11.2 Å². The van der Waals surface area contributed by atoms with Gasteiger partial charge in [-0.15, -0.1) is 0 Å². The van der Waals surface area contributed by atoms with Gasteiger partial charge in [-0.3, -0.25) is 4.79 Å². The molecular weight excluding hydrogens is 314 g/mol. The largest absolute Gasteiger partial charge is 0.496 e. The van der Waals surface area contributed by atoms with E-state index in [1.165, 1.54) is 6.08 Å². The van der Waals surface area contributed by atoms with Crippen molar-refractivity contribution in [2.45, 2.75) is 12.8 Å². The molecule has 5 nitrogen and oxygen atoms in total. The zero-order chi connectivity index (χ0) is 17.5. The van der Waals surface area contributed by atoms with Gasteiger partial charge in [-0.1, -0.05) is 30.3 Å². The lowest BCUT2D eigenvalue weighted by Gasteiger charge is -2.04. The number of nitrogens with zero attached hydrogens (tertiary/aromatic N) is 1. The van der Waals surface area contributed by atoms with E-state index in [-0.39, 0.29) is 5.91 Å². The summed E-state index contributed by atoms with van der Waals surface area (Å²) in [6.45, 7) is 0.603. The third-order valence-corrected chi connectivity index (χ3v) is 3.88. The van der Waals surface area contributed by atoms with Crippen LogP contribution in [0.25, 0.3) is 17.1 Å². The number of benzene rings is 2. The molecule has 0 atom stereocenters. The molecule has 0 spiro atoms. The van der Waals surface area contributed by atoms with Crippen molar-refractivity contribution in [2.75, 3.05) is 13.7 Å². The van der Waals surface area contributed by atoms with E-state index < -0.39 is 0 Å². The first-order chi connectivity index (χ1) is 12.3. The minimum atomic E-state index is -0.115. The number of rotatable bonds is 7. The average molecular weight is 335 g/mol. The summed E-state index contributed by atoms with van der Waals surface area (Å²) < 4.78 is 5.26. The molecule has 0 bridgehead atoms. The van der Waals surface area contributed by atoms with E-state index in [0.29, 0.717) is 6.54 Å². The number of carbonyl (C=O) groups excluding carboxylic acids is 1. The fourth-order valence-electron chi connectivity index (χ4n) is 2.62. The molecule has 2 N–H and O–H groups in total. The summed E-state index contributed by atoms with van der Waals surface area (Å²) in [5.41, 5.74) is 2.89. The van der Waals surface area contributed by atoms with E-state index in [1.807, 2.05) is 48.5 Å². The van der Waals surface area contributed by atoms with Gasteiger partial charge >= 0.3 is 0 Å². The van der Waals surface area contributed by atoms with Gasteiger partial charge in [0.1, 0.15) is 11.6 Å². The minimum absolute atomic E-state index is 0.115. The van der Waals surface area contributed by atoms with Crippen LogP contribution in [0.15, 0.2) is 54.6 Å². The van der Waals surface area contributed by atoms with Crippen LogP contribution in [0.1, 0.15) is 17.8 Å². The van der Waals surface area contributed by atoms with Crippen LogP contribution in [0.4, 0.5) is 0 Å². The van der Waals surface area contributed by atoms with E-state index in [2.05, 4.69) is 15.3 Å². The van der Waals surface area contributed by atoms with E-state index in [9.17, 15) is 4.79 Å². The summed E-state index contributed by atoms with van der Waals surface area (Å²) in [5, 5.41) is 2.89. The Labute approximate surface area is 146 Å². The molecular formula is C20H21N3O2. The van der Waals surface area contributed by atoms with E-state index >= 15 is 0 Å². The molecule has 0 unspecified atom stereocenters. The quantitative estimate of drug-likeness (QED) is 0.514. The lowest BCUT2D eigenvalue weighted by atomic mass is 10.2. The Bertz CT molecular complexity index is 850. The highest BCUT2D eigenvalue weighted by molar-refractivity contribution is 5.92. The Balaban J connectivity index is 1.45. The first kappa shape index (κ1) is 16.8. The van der Waals surface area contributed by atoms with Gasteiger partial charge in [0, 0.05) is 24.6 Å². The number of hydrogen-bond donors (Lipinski definition) is 2. The molecule has 128 valence electrons. The van der Waals surface area contributed by atoms with Gasteiger partial charge in [-0.2, -0.15) is 0 Å². The zero-order valence-electron chi connectivity index (χ0n) is 14.2. The maximum atomic E-state index is 11.9. The first-order valence-electron chi connectivity index (χ1n) is 8.29. The van der Waals surface area contributed by atoms with Gasteiger partial charge in [0.05, 0.1) is 18.1 Å². The minimum Gasteiger partial charge on any atom is -0.496 e. The van der Waals surface area contributed by atoms with Crippen LogP contribution >= 0.6 is 0 Å². The molecule has 2 aromatic carbocycles. The van der Waals surface area contributed by atoms with Gasteiger partial charge in [-0.25, -0.2) is 4.98 Å². The van der Waals surface area contributed by atoms with E-state index in [1.54, 1.807) is 13.2 Å². The number of hydrogen-bond acceptors (Lipinski definition) is 3. The molecule has 1 amide bonds. The second-order valence-corrected chi connectivity index (χ2v) is 5.67. The number of aryl methyl sites for hydroxylation is 1. The van der Waals surface area contributed by atoms with Gasteiger partial charge in [0.2, 0.25) is 5.91 Å². The molecule has 1 aromatic heterocycles. The molecule has 3 aromatic rings. The predicted molar refractivity (Wildman–Crippen MR) is 99.5 cm³/mol. The normalized spacial score (nSPS) is 11.1.